The van der Waals surface area contributed by atoms with E-state index in [-0.39, 0.29) is 0 Å². The number of nitrogens with zero attached hydrogens (tertiary/aromatic N) is 8. The van der Waals surface area contributed by atoms with Crippen LogP contribution in [-0.4, -0.2) is 37.5 Å². The molecule has 48 heavy (non-hydrogen) atoms. The molecule has 0 unspecified atom stereocenters. The lowest BCUT2D eigenvalue weighted by atomic mass is 10.0. The number of aromatic nitrogens is 8. The molecule has 6 heterocycles. The molecule has 0 spiro atoms. The van der Waals surface area contributed by atoms with Crippen molar-refractivity contribution in [3.8, 4) is 11.1 Å². The second-order valence-corrected chi connectivity index (χ2v) is 12.4. The highest BCUT2D eigenvalue weighted by Crippen LogP contribution is 2.36. The smallest absolute Gasteiger partial charge is 0.221 e. The van der Waals surface area contributed by atoms with Crippen molar-refractivity contribution in [2.45, 2.75) is 0 Å². The third-order valence-corrected chi connectivity index (χ3v) is 9.91. The molecule has 8 nitrogen and oxygen atoms in total. The third kappa shape index (κ3) is 2.91. The van der Waals surface area contributed by atoms with Crippen LogP contribution in [0, 0.1) is 0 Å². The predicted octanol–water partition coefficient (Wildman–Crippen LogP) is 8.86. The Balaban J connectivity index is 1.21. The molecule has 12 aromatic rings. The average molecular weight is 615 g/mol. The minimum atomic E-state index is 0.841. The normalized spacial score (nSPS) is 12.6. The molecule has 0 aliphatic heterocycles. The summed E-state index contributed by atoms with van der Waals surface area (Å²) in [6.07, 6.45) is 0. The zero-order valence-corrected chi connectivity index (χ0v) is 25.3. The van der Waals surface area contributed by atoms with Crippen molar-refractivity contribution >= 4 is 88.8 Å². The Morgan fingerprint density at radius 3 is 1.60 bits per heavy atom. The summed E-state index contributed by atoms with van der Waals surface area (Å²) in [5, 5.41) is 2.16. The van der Waals surface area contributed by atoms with Gasteiger partial charge in [-0.25, -0.2) is 19.9 Å². The largest absolute Gasteiger partial charge is 0.277 e. The van der Waals surface area contributed by atoms with Gasteiger partial charge in [-0.1, -0.05) is 66.7 Å². The fourth-order valence-electron chi connectivity index (χ4n) is 7.86. The standard InChI is InChI=1S/C40H22N8/c1-5-15-30-25(10-1)38-42-29-21-20-23(22-35(29)48(38)39-43-28-14-4-7-17-32(28)45(30)39)24-12-9-19-34-36(24)44-40-46(34)31-16-6-2-11-26(31)37-41-27-13-3-8-18-33(27)47(37)40/h1-22H. The lowest BCUT2D eigenvalue weighted by Gasteiger charge is -2.08. The van der Waals surface area contributed by atoms with Gasteiger partial charge < -0.3 is 0 Å². The van der Waals surface area contributed by atoms with Crippen molar-refractivity contribution in [2.24, 2.45) is 0 Å². The number of benzene rings is 6. The summed E-state index contributed by atoms with van der Waals surface area (Å²) in [6.45, 7) is 0. The first-order valence-corrected chi connectivity index (χ1v) is 16.0. The van der Waals surface area contributed by atoms with Crippen LogP contribution in [-0.2, 0) is 0 Å². The highest BCUT2D eigenvalue weighted by atomic mass is 15.2. The van der Waals surface area contributed by atoms with Crippen molar-refractivity contribution in [1.82, 2.24) is 37.5 Å². The van der Waals surface area contributed by atoms with E-state index in [9.17, 15) is 0 Å². The number of rotatable bonds is 1. The molecule has 12 rings (SSSR count). The lowest BCUT2D eigenvalue weighted by Crippen LogP contribution is -1.98. The van der Waals surface area contributed by atoms with E-state index in [1.165, 1.54) is 0 Å². The van der Waals surface area contributed by atoms with Crippen LogP contribution in [0.5, 0.6) is 0 Å². The first-order valence-electron chi connectivity index (χ1n) is 16.0. The summed E-state index contributed by atoms with van der Waals surface area (Å²) >= 11 is 0. The van der Waals surface area contributed by atoms with Gasteiger partial charge in [0.25, 0.3) is 0 Å². The van der Waals surface area contributed by atoms with E-state index in [0.29, 0.717) is 0 Å². The second kappa shape index (κ2) is 8.51. The Morgan fingerprint density at radius 1 is 0.354 bits per heavy atom. The molecule has 222 valence electrons. The summed E-state index contributed by atoms with van der Waals surface area (Å²) < 4.78 is 8.92. The van der Waals surface area contributed by atoms with E-state index < -0.39 is 0 Å². The summed E-state index contributed by atoms with van der Waals surface area (Å²) in [7, 11) is 0. The van der Waals surface area contributed by atoms with E-state index in [1.54, 1.807) is 0 Å². The van der Waals surface area contributed by atoms with Crippen LogP contribution < -0.4 is 0 Å². The van der Waals surface area contributed by atoms with Crippen molar-refractivity contribution in [3.63, 3.8) is 0 Å². The molecular weight excluding hydrogens is 592 g/mol. The molecule has 0 aliphatic rings. The molecule has 0 aliphatic carbocycles. The molecule has 0 N–H and O–H groups in total. The Bertz CT molecular complexity index is 3360. The minimum Gasteiger partial charge on any atom is -0.277 e. The fraction of sp³-hybridized carbons (Fsp3) is 0. The van der Waals surface area contributed by atoms with E-state index in [4.69, 9.17) is 19.9 Å². The molecule has 0 amide bonds. The molecular formula is C40H22N8. The van der Waals surface area contributed by atoms with Gasteiger partial charge in [0, 0.05) is 16.3 Å². The Hall–Kier alpha value is -6.80. The van der Waals surface area contributed by atoms with E-state index >= 15 is 0 Å². The van der Waals surface area contributed by atoms with Crippen molar-refractivity contribution in [1.29, 1.82) is 0 Å². The van der Waals surface area contributed by atoms with Crippen LogP contribution in [0.3, 0.4) is 0 Å². The first kappa shape index (κ1) is 24.4. The molecule has 0 fully saturated rings. The summed E-state index contributed by atoms with van der Waals surface area (Å²) in [5.41, 5.74) is 14.0. The zero-order valence-electron chi connectivity index (χ0n) is 25.3. The van der Waals surface area contributed by atoms with Gasteiger partial charge in [0.2, 0.25) is 11.6 Å². The summed E-state index contributed by atoms with van der Waals surface area (Å²) in [6, 6.07) is 46.5. The number of para-hydroxylation sites is 7. The summed E-state index contributed by atoms with van der Waals surface area (Å²) in [5.74, 6) is 1.68. The highest BCUT2D eigenvalue weighted by molar-refractivity contribution is 6.05. The SMILES string of the molecule is c1ccc2c(c1)nc1n2c2ccccc2c2nc3ccc(-c4cccc5c4nc4n5c5ccccc5c5nc6ccccc6n54)cc3n21. The first-order chi connectivity index (χ1) is 23.8. The van der Waals surface area contributed by atoms with Gasteiger partial charge >= 0.3 is 0 Å². The molecule has 6 aromatic heterocycles. The Labute approximate surface area is 270 Å². The predicted molar refractivity (Wildman–Crippen MR) is 192 cm³/mol. The van der Waals surface area contributed by atoms with Crippen molar-refractivity contribution in [3.05, 3.63) is 133 Å². The van der Waals surface area contributed by atoms with Gasteiger partial charge in [0.15, 0.2) is 0 Å². The number of imidazole rings is 4. The van der Waals surface area contributed by atoms with Gasteiger partial charge in [-0.15, -0.1) is 0 Å². The van der Waals surface area contributed by atoms with Crippen LogP contribution in [0.15, 0.2) is 133 Å². The van der Waals surface area contributed by atoms with Crippen LogP contribution in [0.25, 0.3) is 99.9 Å². The molecule has 0 atom stereocenters. The van der Waals surface area contributed by atoms with E-state index in [2.05, 4.69) is 139 Å². The number of fused-ring (bicyclic) bond motifs is 20. The zero-order chi connectivity index (χ0) is 31.1. The number of hydrogen-bond donors (Lipinski definition) is 0. The van der Waals surface area contributed by atoms with E-state index in [1.807, 2.05) is 12.1 Å². The van der Waals surface area contributed by atoms with Crippen LogP contribution in [0.1, 0.15) is 0 Å². The van der Waals surface area contributed by atoms with Gasteiger partial charge in [-0.2, -0.15) is 0 Å². The molecule has 0 saturated heterocycles. The van der Waals surface area contributed by atoms with Gasteiger partial charge in [-0.05, 0) is 72.3 Å². The van der Waals surface area contributed by atoms with Crippen LogP contribution in [0.4, 0.5) is 0 Å². The average Bonchev–Trinajstić information content (AvgIpc) is 3.91. The maximum Gasteiger partial charge on any atom is 0.221 e. The lowest BCUT2D eigenvalue weighted by molar-refractivity contribution is 1.14. The van der Waals surface area contributed by atoms with Gasteiger partial charge in [-0.3, -0.25) is 17.6 Å². The van der Waals surface area contributed by atoms with Crippen molar-refractivity contribution < 1.29 is 0 Å². The van der Waals surface area contributed by atoms with Gasteiger partial charge in [0.1, 0.15) is 11.3 Å². The fourth-order valence-corrected chi connectivity index (χ4v) is 7.86. The molecule has 0 bridgehead atoms. The minimum absolute atomic E-state index is 0.841. The molecule has 6 aromatic carbocycles. The van der Waals surface area contributed by atoms with Gasteiger partial charge in [0.05, 0.1) is 55.2 Å². The topological polar surface area (TPSA) is 69.2 Å². The molecule has 8 heteroatoms. The second-order valence-electron chi connectivity index (χ2n) is 12.4. The van der Waals surface area contributed by atoms with E-state index in [0.717, 1.165) is 99.9 Å². The number of hydrogen-bond acceptors (Lipinski definition) is 4. The summed E-state index contributed by atoms with van der Waals surface area (Å²) in [4.78, 5) is 20.7. The molecule has 0 radical (unpaired) electrons. The third-order valence-electron chi connectivity index (χ3n) is 9.91. The quantitative estimate of drug-likeness (QED) is 0.185. The van der Waals surface area contributed by atoms with Crippen LogP contribution in [0.2, 0.25) is 0 Å². The highest BCUT2D eigenvalue weighted by Gasteiger charge is 2.21. The van der Waals surface area contributed by atoms with Crippen LogP contribution >= 0.6 is 0 Å². The monoisotopic (exact) mass is 614 g/mol. The maximum absolute atomic E-state index is 5.39. The maximum atomic E-state index is 5.39. The van der Waals surface area contributed by atoms with Crippen molar-refractivity contribution in [2.75, 3.05) is 0 Å². The Morgan fingerprint density at radius 2 is 0.875 bits per heavy atom. The molecule has 0 saturated carbocycles. The Kier molecular flexibility index (Phi) is 4.33.